The molecule has 0 saturated heterocycles. The molecule has 1 aromatic carbocycles. The number of sulfonamides is 1. The molecule has 2 aromatic rings. The molecule has 10 heteroatoms. The van der Waals surface area contributed by atoms with E-state index in [2.05, 4.69) is 20.2 Å². The van der Waals surface area contributed by atoms with Gasteiger partial charge in [-0.15, -0.1) is 10.2 Å². The van der Waals surface area contributed by atoms with E-state index in [1.807, 2.05) is 13.8 Å². The molecule has 0 saturated carbocycles. The van der Waals surface area contributed by atoms with Crippen LogP contribution >= 0.6 is 22.9 Å². The summed E-state index contributed by atoms with van der Waals surface area (Å²) in [4.78, 5) is 11.8. The number of benzene rings is 1. The number of nitrogens with one attached hydrogen (secondary N) is 2. The van der Waals surface area contributed by atoms with E-state index >= 15 is 0 Å². The highest BCUT2D eigenvalue weighted by atomic mass is 35.5. The summed E-state index contributed by atoms with van der Waals surface area (Å²) in [7, 11) is -3.77. The molecule has 23 heavy (non-hydrogen) atoms. The van der Waals surface area contributed by atoms with Crippen molar-refractivity contribution in [1.29, 1.82) is 0 Å². The van der Waals surface area contributed by atoms with Gasteiger partial charge in [0.1, 0.15) is 5.01 Å². The second-order valence-electron chi connectivity index (χ2n) is 4.93. The second-order valence-corrected chi connectivity index (χ2v) is 8.14. The van der Waals surface area contributed by atoms with Gasteiger partial charge in [0, 0.05) is 10.9 Å². The van der Waals surface area contributed by atoms with Gasteiger partial charge in [-0.2, -0.15) is 0 Å². The molecule has 1 aromatic heterocycles. The lowest BCUT2D eigenvalue weighted by molar-refractivity contribution is -0.115. The molecule has 0 atom stereocenters. The quantitative estimate of drug-likeness (QED) is 0.807. The Hall–Kier alpha value is -1.55. The molecule has 124 valence electrons. The molecule has 2 N–H and O–H groups in total. The second kappa shape index (κ2) is 7.35. The average Bonchev–Trinajstić information content (AvgIpc) is 2.94. The van der Waals surface area contributed by atoms with Crippen LogP contribution in [0.25, 0.3) is 0 Å². The molecule has 0 unspecified atom stereocenters. The van der Waals surface area contributed by atoms with Crippen molar-refractivity contribution in [2.45, 2.75) is 24.7 Å². The van der Waals surface area contributed by atoms with Gasteiger partial charge in [0.2, 0.25) is 21.1 Å². The third-order valence-electron chi connectivity index (χ3n) is 2.73. The summed E-state index contributed by atoms with van der Waals surface area (Å²) in [6.07, 6.45) is 0. The number of amides is 1. The predicted molar refractivity (Wildman–Crippen MR) is 89.3 cm³/mol. The Morgan fingerprint density at radius 2 is 1.91 bits per heavy atom. The fraction of sp³-hybridized carbons (Fsp3) is 0.308. The number of anilines is 1. The van der Waals surface area contributed by atoms with Gasteiger partial charge in [0.15, 0.2) is 0 Å². The van der Waals surface area contributed by atoms with Crippen molar-refractivity contribution in [2.24, 2.45) is 0 Å². The van der Waals surface area contributed by atoms with E-state index in [1.54, 1.807) is 0 Å². The Labute approximate surface area is 143 Å². The van der Waals surface area contributed by atoms with Crippen LogP contribution in [0.1, 0.15) is 24.8 Å². The third-order valence-corrected chi connectivity index (χ3v) is 5.54. The zero-order valence-corrected chi connectivity index (χ0v) is 14.8. The Balaban J connectivity index is 1.94. The van der Waals surface area contributed by atoms with Crippen LogP contribution in [-0.2, 0) is 14.8 Å². The molecule has 0 aliphatic carbocycles. The fourth-order valence-electron chi connectivity index (χ4n) is 1.54. The monoisotopic (exact) mass is 374 g/mol. The van der Waals surface area contributed by atoms with Crippen LogP contribution in [0.4, 0.5) is 5.13 Å². The maximum Gasteiger partial charge on any atom is 0.241 e. The van der Waals surface area contributed by atoms with Crippen molar-refractivity contribution < 1.29 is 13.2 Å². The van der Waals surface area contributed by atoms with Gasteiger partial charge in [-0.05, 0) is 24.3 Å². The van der Waals surface area contributed by atoms with Crippen LogP contribution in [0.5, 0.6) is 0 Å². The largest absolute Gasteiger partial charge is 0.299 e. The maximum absolute atomic E-state index is 12.0. The highest BCUT2D eigenvalue weighted by molar-refractivity contribution is 7.89. The molecule has 1 amide bonds. The number of aromatic nitrogens is 2. The van der Waals surface area contributed by atoms with Crippen molar-refractivity contribution in [3.05, 3.63) is 34.3 Å². The first-order valence-corrected chi connectivity index (χ1v) is 9.34. The normalized spacial score (nSPS) is 11.7. The fourth-order valence-corrected chi connectivity index (χ4v) is 3.41. The average molecular weight is 375 g/mol. The zero-order chi connectivity index (χ0) is 17.0. The Bertz CT molecular complexity index is 788. The van der Waals surface area contributed by atoms with E-state index in [4.69, 9.17) is 11.6 Å². The van der Waals surface area contributed by atoms with Crippen molar-refractivity contribution in [3.63, 3.8) is 0 Å². The van der Waals surface area contributed by atoms with E-state index in [-0.39, 0.29) is 10.8 Å². The molecule has 7 nitrogen and oxygen atoms in total. The molecule has 0 bridgehead atoms. The zero-order valence-electron chi connectivity index (χ0n) is 12.4. The van der Waals surface area contributed by atoms with Crippen LogP contribution in [0, 0.1) is 0 Å². The molecule has 0 aliphatic rings. The maximum atomic E-state index is 12.0. The van der Waals surface area contributed by atoms with E-state index in [9.17, 15) is 13.2 Å². The number of nitrogens with zero attached hydrogens (tertiary/aromatic N) is 2. The minimum absolute atomic E-state index is 0.0349. The molecule has 0 fully saturated rings. The Morgan fingerprint density at radius 3 is 2.48 bits per heavy atom. The van der Waals surface area contributed by atoms with Crippen LogP contribution in [0.15, 0.2) is 29.2 Å². The molecule has 0 aliphatic heterocycles. The Morgan fingerprint density at radius 1 is 1.26 bits per heavy atom. The summed E-state index contributed by atoms with van der Waals surface area (Å²) in [6.45, 7) is 3.53. The minimum Gasteiger partial charge on any atom is -0.299 e. The van der Waals surface area contributed by atoms with Crippen LogP contribution < -0.4 is 10.0 Å². The first-order chi connectivity index (χ1) is 10.8. The number of rotatable bonds is 6. The van der Waals surface area contributed by atoms with Crippen molar-refractivity contribution >= 4 is 44.0 Å². The minimum atomic E-state index is -3.77. The summed E-state index contributed by atoms with van der Waals surface area (Å²) < 4.78 is 26.3. The molecular formula is C13H15ClN4O3S2. The number of carbonyl (C=O) groups excluding carboxylic acids is 1. The molecule has 2 rings (SSSR count). The van der Waals surface area contributed by atoms with E-state index in [1.165, 1.54) is 35.6 Å². The molecule has 0 spiro atoms. The number of halogens is 1. The van der Waals surface area contributed by atoms with Gasteiger partial charge in [-0.3, -0.25) is 10.1 Å². The Kier molecular flexibility index (Phi) is 5.69. The first-order valence-electron chi connectivity index (χ1n) is 6.66. The third kappa shape index (κ3) is 4.96. The highest BCUT2D eigenvalue weighted by Gasteiger charge is 2.16. The molecular weight excluding hydrogens is 360 g/mol. The van der Waals surface area contributed by atoms with Gasteiger partial charge in [0.05, 0.1) is 11.4 Å². The smallest absolute Gasteiger partial charge is 0.241 e. The van der Waals surface area contributed by atoms with E-state index in [0.717, 1.165) is 5.01 Å². The highest BCUT2D eigenvalue weighted by Crippen LogP contribution is 2.22. The van der Waals surface area contributed by atoms with Crippen molar-refractivity contribution in [3.8, 4) is 0 Å². The number of carbonyl (C=O) groups is 1. The number of hydrogen-bond donors (Lipinski definition) is 2. The predicted octanol–water partition coefficient (Wildman–Crippen LogP) is 2.23. The lowest BCUT2D eigenvalue weighted by atomic mass is 10.2. The standard InChI is InChI=1S/C13H15ClN4O3S2/c1-8(2)12-17-18-13(22-12)16-11(19)7-15-23(20,21)10-5-3-9(14)4-6-10/h3-6,8,15H,7H2,1-2H3,(H,16,18,19). The molecule has 0 radical (unpaired) electrons. The summed E-state index contributed by atoms with van der Waals surface area (Å²) in [5.74, 6) is -0.310. The van der Waals surface area contributed by atoms with E-state index < -0.39 is 22.5 Å². The van der Waals surface area contributed by atoms with E-state index in [0.29, 0.717) is 10.2 Å². The van der Waals surface area contributed by atoms with Gasteiger partial charge < -0.3 is 0 Å². The van der Waals surface area contributed by atoms with Crippen LogP contribution in [0.2, 0.25) is 5.02 Å². The molecule has 1 heterocycles. The number of hydrogen-bond acceptors (Lipinski definition) is 6. The SMILES string of the molecule is CC(C)c1nnc(NC(=O)CNS(=O)(=O)c2ccc(Cl)cc2)s1. The lowest BCUT2D eigenvalue weighted by Crippen LogP contribution is -2.32. The van der Waals surface area contributed by atoms with Crippen molar-refractivity contribution in [2.75, 3.05) is 11.9 Å². The van der Waals surface area contributed by atoms with Gasteiger partial charge in [0.25, 0.3) is 0 Å². The van der Waals surface area contributed by atoms with Gasteiger partial charge in [-0.25, -0.2) is 13.1 Å². The first kappa shape index (κ1) is 17.8. The van der Waals surface area contributed by atoms with Gasteiger partial charge >= 0.3 is 0 Å². The topological polar surface area (TPSA) is 101 Å². The van der Waals surface area contributed by atoms with Crippen LogP contribution in [-0.4, -0.2) is 31.1 Å². The summed E-state index contributed by atoms with van der Waals surface area (Å²) in [6, 6.07) is 5.65. The summed E-state index contributed by atoms with van der Waals surface area (Å²) in [5.41, 5.74) is 0. The van der Waals surface area contributed by atoms with Crippen molar-refractivity contribution in [1.82, 2.24) is 14.9 Å². The summed E-state index contributed by atoms with van der Waals surface area (Å²) in [5, 5.41) is 11.8. The van der Waals surface area contributed by atoms with Crippen LogP contribution in [0.3, 0.4) is 0 Å². The lowest BCUT2D eigenvalue weighted by Gasteiger charge is -2.06. The summed E-state index contributed by atoms with van der Waals surface area (Å²) >= 11 is 6.97. The van der Waals surface area contributed by atoms with Gasteiger partial charge in [-0.1, -0.05) is 36.8 Å².